The van der Waals surface area contributed by atoms with Crippen LogP contribution < -0.4 is 5.22 Å². The highest BCUT2D eigenvalue weighted by atomic mass is 16.3. The highest BCUT2D eigenvalue weighted by molar-refractivity contribution is 6.11. The van der Waals surface area contributed by atoms with Crippen LogP contribution in [0.2, 0.25) is 0 Å². The van der Waals surface area contributed by atoms with E-state index in [1.165, 1.54) is 32.6 Å². The number of phenolic OH excluding ortho intramolecular Hbond substituents is 1. The first-order valence-corrected chi connectivity index (χ1v) is 7.63. The van der Waals surface area contributed by atoms with E-state index in [1.807, 2.05) is 18.2 Å². The fraction of sp³-hybridized carbons (Fsp3) is 0.100. The fourth-order valence-corrected chi connectivity index (χ4v) is 3.84. The van der Waals surface area contributed by atoms with Gasteiger partial charge in [0.15, 0.2) is 0 Å². The molecule has 1 atom stereocenters. The predicted octanol–water partition coefficient (Wildman–Crippen LogP) is 3.87. The summed E-state index contributed by atoms with van der Waals surface area (Å²) in [6.07, 6.45) is 3.19. The molecule has 0 saturated heterocycles. The minimum absolute atomic E-state index is 0.211. The minimum atomic E-state index is 0.211. The van der Waals surface area contributed by atoms with Gasteiger partial charge in [-0.1, -0.05) is 48.5 Å². The van der Waals surface area contributed by atoms with Crippen molar-refractivity contribution >= 4 is 27.8 Å². The summed E-state index contributed by atoms with van der Waals surface area (Å²) in [4.78, 5) is 3.58. The number of aromatic amines is 1. The van der Waals surface area contributed by atoms with Crippen LogP contribution >= 0.6 is 0 Å². The Balaban J connectivity index is 1.82. The summed E-state index contributed by atoms with van der Waals surface area (Å²) >= 11 is 0. The van der Waals surface area contributed by atoms with Crippen molar-refractivity contribution in [2.45, 2.75) is 12.3 Å². The topological polar surface area (TPSA) is 36.0 Å². The van der Waals surface area contributed by atoms with Gasteiger partial charge in [-0.05, 0) is 29.2 Å². The summed E-state index contributed by atoms with van der Waals surface area (Å²) in [5.41, 5.74) is 3.48. The molecular weight excluding hydrogens is 270 g/mol. The van der Waals surface area contributed by atoms with E-state index in [-0.39, 0.29) is 5.92 Å². The second-order valence-corrected chi connectivity index (χ2v) is 6.07. The van der Waals surface area contributed by atoms with Gasteiger partial charge in [-0.15, -0.1) is 0 Å². The van der Waals surface area contributed by atoms with E-state index in [9.17, 15) is 5.11 Å². The molecule has 2 nitrogen and oxygen atoms in total. The third-order valence-corrected chi connectivity index (χ3v) is 4.81. The smallest absolute Gasteiger partial charge is 0.119 e. The third-order valence-electron chi connectivity index (χ3n) is 4.81. The second-order valence-electron chi connectivity index (χ2n) is 6.07. The molecule has 0 fully saturated rings. The van der Waals surface area contributed by atoms with Crippen molar-refractivity contribution in [1.82, 2.24) is 4.98 Å². The van der Waals surface area contributed by atoms with Gasteiger partial charge in [0.25, 0.3) is 0 Å². The number of phenols is 1. The quantitative estimate of drug-likeness (QED) is 0.547. The lowest BCUT2D eigenvalue weighted by molar-refractivity contribution is 0.466. The molecule has 0 aliphatic heterocycles. The lowest BCUT2D eigenvalue weighted by Gasteiger charge is -2.18. The maximum Gasteiger partial charge on any atom is 0.119 e. The van der Waals surface area contributed by atoms with Crippen LogP contribution in [0.25, 0.3) is 27.8 Å². The van der Waals surface area contributed by atoms with Gasteiger partial charge in [0, 0.05) is 33.5 Å². The zero-order valence-electron chi connectivity index (χ0n) is 12.0. The Morgan fingerprint density at radius 2 is 1.82 bits per heavy atom. The van der Waals surface area contributed by atoms with Gasteiger partial charge in [0.05, 0.1) is 0 Å². The van der Waals surface area contributed by atoms with Crippen LogP contribution in [0.4, 0.5) is 0 Å². The summed E-state index contributed by atoms with van der Waals surface area (Å²) < 4.78 is 0. The molecule has 0 saturated carbocycles. The monoisotopic (exact) mass is 285 g/mol. The average Bonchev–Trinajstić information content (AvgIpc) is 2.92. The zero-order valence-corrected chi connectivity index (χ0v) is 12.0. The van der Waals surface area contributed by atoms with E-state index in [0.717, 1.165) is 12.0 Å². The van der Waals surface area contributed by atoms with Crippen LogP contribution in [0.15, 0.2) is 54.6 Å². The predicted molar refractivity (Wildman–Crippen MR) is 90.0 cm³/mol. The molecule has 0 spiro atoms. The van der Waals surface area contributed by atoms with Crippen molar-refractivity contribution in [3.05, 3.63) is 71.1 Å². The Bertz CT molecular complexity index is 1070. The van der Waals surface area contributed by atoms with Crippen LogP contribution in [0.5, 0.6) is 5.75 Å². The normalized spacial score (nSPS) is 17.0. The van der Waals surface area contributed by atoms with Crippen molar-refractivity contribution in [1.29, 1.82) is 0 Å². The third kappa shape index (κ3) is 1.49. The highest BCUT2D eigenvalue weighted by Gasteiger charge is 2.21. The van der Waals surface area contributed by atoms with Gasteiger partial charge >= 0.3 is 0 Å². The van der Waals surface area contributed by atoms with Gasteiger partial charge in [-0.25, -0.2) is 0 Å². The lowest BCUT2D eigenvalue weighted by atomic mass is 9.87. The number of aromatic nitrogens is 1. The summed E-state index contributed by atoms with van der Waals surface area (Å²) in [6, 6.07) is 18.4. The summed E-state index contributed by atoms with van der Waals surface area (Å²) in [5.74, 6) is 0.590. The van der Waals surface area contributed by atoms with Crippen molar-refractivity contribution in [3.8, 4) is 5.75 Å². The van der Waals surface area contributed by atoms with Gasteiger partial charge in [-0.3, -0.25) is 0 Å². The number of nitrogens with one attached hydrogen (secondary N) is 1. The molecule has 1 heterocycles. The van der Waals surface area contributed by atoms with Gasteiger partial charge in [0.2, 0.25) is 0 Å². The van der Waals surface area contributed by atoms with Gasteiger partial charge in [-0.2, -0.15) is 0 Å². The Hall–Kier alpha value is -2.74. The first-order valence-electron chi connectivity index (χ1n) is 7.63. The van der Waals surface area contributed by atoms with Crippen molar-refractivity contribution in [3.63, 3.8) is 0 Å². The molecule has 3 aromatic carbocycles. The SMILES string of the molecule is Oc1ccccc1C1C=c2ccc3cccc4[nH]c(c2c34)C1. The van der Waals surface area contributed by atoms with Crippen LogP contribution in [0.1, 0.15) is 17.2 Å². The molecule has 0 amide bonds. The molecule has 0 bridgehead atoms. The number of hydrogen-bond donors (Lipinski definition) is 2. The van der Waals surface area contributed by atoms with Crippen molar-refractivity contribution in [2.75, 3.05) is 0 Å². The molecule has 1 aromatic heterocycles. The fourth-order valence-electron chi connectivity index (χ4n) is 3.84. The van der Waals surface area contributed by atoms with Gasteiger partial charge < -0.3 is 10.1 Å². The summed E-state index contributed by atoms with van der Waals surface area (Å²) in [6.45, 7) is 0. The lowest BCUT2D eigenvalue weighted by Crippen LogP contribution is -2.14. The molecule has 22 heavy (non-hydrogen) atoms. The first-order chi connectivity index (χ1) is 10.8. The van der Waals surface area contributed by atoms with E-state index < -0.39 is 0 Å². The van der Waals surface area contributed by atoms with E-state index in [1.54, 1.807) is 6.07 Å². The maximum absolute atomic E-state index is 10.2. The van der Waals surface area contributed by atoms with E-state index in [2.05, 4.69) is 41.4 Å². The number of para-hydroxylation sites is 1. The maximum atomic E-state index is 10.2. The molecule has 1 unspecified atom stereocenters. The summed E-state index contributed by atoms with van der Waals surface area (Å²) in [7, 11) is 0. The number of H-pyrrole nitrogens is 1. The molecule has 4 aromatic rings. The standard InChI is InChI=1S/C20H15NO/c22-18-7-2-1-5-15(18)14-10-13-9-8-12-4-3-6-16-19(12)20(13)17(11-14)21-16/h1-10,14,21-22H,11H2. The van der Waals surface area contributed by atoms with E-state index >= 15 is 0 Å². The molecule has 5 rings (SSSR count). The number of hydrogen-bond acceptors (Lipinski definition) is 1. The Kier molecular flexibility index (Phi) is 2.23. The van der Waals surface area contributed by atoms with Crippen LogP contribution in [0.3, 0.4) is 0 Å². The van der Waals surface area contributed by atoms with Crippen LogP contribution in [-0.2, 0) is 6.42 Å². The molecule has 2 heteroatoms. The number of rotatable bonds is 1. The number of benzene rings is 3. The van der Waals surface area contributed by atoms with Crippen LogP contribution in [0, 0.1) is 0 Å². The van der Waals surface area contributed by atoms with Gasteiger partial charge in [0.1, 0.15) is 5.75 Å². The van der Waals surface area contributed by atoms with Crippen molar-refractivity contribution in [2.24, 2.45) is 0 Å². The molecule has 106 valence electrons. The molecule has 1 aliphatic rings. The average molecular weight is 285 g/mol. The van der Waals surface area contributed by atoms with E-state index in [4.69, 9.17) is 0 Å². The largest absolute Gasteiger partial charge is 0.508 e. The zero-order chi connectivity index (χ0) is 14.7. The summed E-state index contributed by atoms with van der Waals surface area (Å²) in [5, 5.41) is 15.4. The molecule has 1 aliphatic carbocycles. The highest BCUT2D eigenvalue weighted by Crippen LogP contribution is 2.36. The molecular formula is C20H15NO. The Labute approximate surface area is 127 Å². The number of aromatic hydroxyl groups is 1. The van der Waals surface area contributed by atoms with Crippen LogP contribution in [-0.4, -0.2) is 10.1 Å². The van der Waals surface area contributed by atoms with Crippen molar-refractivity contribution < 1.29 is 5.11 Å². The van der Waals surface area contributed by atoms with E-state index in [0.29, 0.717) is 5.75 Å². The first kappa shape index (κ1) is 11.9. The molecule has 2 N–H and O–H groups in total. The Morgan fingerprint density at radius 3 is 2.73 bits per heavy atom. The molecule has 0 radical (unpaired) electrons. The Morgan fingerprint density at radius 1 is 0.909 bits per heavy atom. The second kappa shape index (κ2) is 4.14. The minimum Gasteiger partial charge on any atom is -0.508 e.